The first-order valence-corrected chi connectivity index (χ1v) is 8.53. The van der Waals surface area contributed by atoms with Gasteiger partial charge in [-0.1, -0.05) is 0 Å². The lowest BCUT2D eigenvalue weighted by molar-refractivity contribution is 0.297. The van der Waals surface area contributed by atoms with Crippen LogP contribution in [0, 0.1) is 6.92 Å². The van der Waals surface area contributed by atoms with Crippen LogP contribution in [0.4, 0.5) is 5.69 Å². The number of halogens is 1. The zero-order valence-electron chi connectivity index (χ0n) is 15.1. The van der Waals surface area contributed by atoms with Gasteiger partial charge in [-0.25, -0.2) is 0 Å². The van der Waals surface area contributed by atoms with E-state index in [9.17, 15) is 0 Å². The first kappa shape index (κ1) is 20.3. The fourth-order valence-electron chi connectivity index (χ4n) is 2.66. The van der Waals surface area contributed by atoms with E-state index in [1.807, 2.05) is 30.6 Å². The number of pyridine rings is 1. The maximum Gasteiger partial charge on any atom is 0.195 e. The molecule has 0 fully saturated rings. The highest BCUT2D eigenvalue weighted by Gasteiger charge is 2.11. The molecule has 6 nitrogen and oxygen atoms in total. The largest absolute Gasteiger partial charge is 0.490 e. The number of benzene rings is 1. The summed E-state index contributed by atoms with van der Waals surface area (Å²) in [6, 6.07) is 7.89. The number of ether oxygens (including phenoxy) is 2. The van der Waals surface area contributed by atoms with Crippen molar-refractivity contribution >= 4 is 35.6 Å². The molecule has 26 heavy (non-hydrogen) atoms. The average Bonchev–Trinajstić information content (AvgIpc) is 2.87. The summed E-state index contributed by atoms with van der Waals surface area (Å²) in [5, 5.41) is 6.62. The van der Waals surface area contributed by atoms with Crippen LogP contribution >= 0.6 is 24.0 Å². The highest BCUT2D eigenvalue weighted by atomic mass is 127. The Kier molecular flexibility index (Phi) is 7.96. The van der Waals surface area contributed by atoms with Gasteiger partial charge in [0.15, 0.2) is 17.5 Å². The van der Waals surface area contributed by atoms with Crippen LogP contribution in [-0.2, 0) is 6.42 Å². The van der Waals surface area contributed by atoms with Crippen LogP contribution in [0.5, 0.6) is 11.5 Å². The molecule has 0 atom stereocenters. The highest BCUT2D eigenvalue weighted by Crippen LogP contribution is 2.32. The molecule has 0 aliphatic carbocycles. The Morgan fingerprint density at radius 2 is 2.00 bits per heavy atom. The van der Waals surface area contributed by atoms with E-state index in [1.165, 1.54) is 11.1 Å². The topological polar surface area (TPSA) is 67.8 Å². The van der Waals surface area contributed by atoms with E-state index in [0.29, 0.717) is 13.2 Å². The van der Waals surface area contributed by atoms with Crippen molar-refractivity contribution in [3.05, 3.63) is 47.8 Å². The third kappa shape index (κ3) is 5.48. The van der Waals surface area contributed by atoms with Crippen LogP contribution in [0.3, 0.4) is 0 Å². The molecular formula is C19H25IN4O2. The lowest BCUT2D eigenvalue weighted by atomic mass is 10.1. The standard InChI is InChI=1S/C19H24N4O2.HI/c1-14-13-21-8-6-15(14)7-9-22-19(20-2)23-16-4-5-17-18(12-16)25-11-3-10-24-17;/h4-6,8,12-13H,3,7,9-11H2,1-2H3,(H2,20,22,23);1H. The molecule has 2 heterocycles. The molecule has 1 aliphatic heterocycles. The van der Waals surface area contributed by atoms with Crippen molar-refractivity contribution in [1.29, 1.82) is 0 Å². The van der Waals surface area contributed by atoms with Crippen molar-refractivity contribution < 1.29 is 9.47 Å². The predicted molar refractivity (Wildman–Crippen MR) is 115 cm³/mol. The normalized spacial score (nSPS) is 13.4. The number of nitrogens with one attached hydrogen (secondary N) is 2. The molecule has 7 heteroatoms. The minimum Gasteiger partial charge on any atom is -0.490 e. The zero-order chi connectivity index (χ0) is 17.5. The highest BCUT2D eigenvalue weighted by molar-refractivity contribution is 14.0. The van der Waals surface area contributed by atoms with Gasteiger partial charge in [-0.15, -0.1) is 24.0 Å². The quantitative estimate of drug-likeness (QED) is 0.409. The van der Waals surface area contributed by atoms with E-state index in [4.69, 9.17) is 9.47 Å². The molecule has 2 aromatic rings. The van der Waals surface area contributed by atoms with Crippen LogP contribution < -0.4 is 20.1 Å². The summed E-state index contributed by atoms with van der Waals surface area (Å²) in [6.07, 6.45) is 5.53. The van der Waals surface area contributed by atoms with Crippen LogP contribution in [0.1, 0.15) is 17.5 Å². The third-order valence-corrected chi connectivity index (χ3v) is 4.06. The van der Waals surface area contributed by atoms with Gasteiger partial charge in [0.25, 0.3) is 0 Å². The summed E-state index contributed by atoms with van der Waals surface area (Å²) in [5.74, 6) is 2.28. The molecule has 1 aliphatic rings. The molecule has 0 saturated heterocycles. The van der Waals surface area contributed by atoms with E-state index in [-0.39, 0.29) is 24.0 Å². The van der Waals surface area contributed by atoms with Crippen LogP contribution in [-0.4, -0.2) is 37.7 Å². The minimum atomic E-state index is 0. The predicted octanol–water partition coefficient (Wildman–Crippen LogP) is 3.40. The first-order valence-electron chi connectivity index (χ1n) is 8.53. The van der Waals surface area contributed by atoms with E-state index in [0.717, 1.165) is 42.5 Å². The molecule has 1 aromatic carbocycles. The zero-order valence-corrected chi connectivity index (χ0v) is 17.4. The summed E-state index contributed by atoms with van der Waals surface area (Å²) in [5.41, 5.74) is 3.40. The first-order chi connectivity index (χ1) is 12.3. The van der Waals surface area contributed by atoms with Gasteiger partial charge in [-0.3, -0.25) is 9.98 Å². The van der Waals surface area contributed by atoms with Crippen LogP contribution in [0.2, 0.25) is 0 Å². The summed E-state index contributed by atoms with van der Waals surface area (Å²) in [4.78, 5) is 8.40. The SMILES string of the molecule is CN=C(NCCc1ccncc1C)Nc1ccc2c(c1)OCCCO2.I. The molecule has 0 unspecified atom stereocenters. The number of guanidine groups is 1. The number of hydrogen-bond donors (Lipinski definition) is 2. The van der Waals surface area contributed by atoms with Gasteiger partial charge >= 0.3 is 0 Å². The second-order valence-electron chi connectivity index (χ2n) is 5.89. The Bertz CT molecular complexity index is 752. The monoisotopic (exact) mass is 468 g/mol. The fourth-order valence-corrected chi connectivity index (χ4v) is 2.66. The van der Waals surface area contributed by atoms with E-state index < -0.39 is 0 Å². The molecule has 2 N–H and O–H groups in total. The number of nitrogens with zero attached hydrogens (tertiary/aromatic N) is 2. The lowest BCUT2D eigenvalue weighted by Crippen LogP contribution is -2.32. The van der Waals surface area contributed by atoms with Crippen molar-refractivity contribution in [2.24, 2.45) is 4.99 Å². The molecule has 140 valence electrons. The van der Waals surface area contributed by atoms with Gasteiger partial charge in [0, 0.05) is 44.2 Å². The Balaban J connectivity index is 0.00000243. The number of hydrogen-bond acceptors (Lipinski definition) is 4. The Morgan fingerprint density at radius 1 is 1.19 bits per heavy atom. The Morgan fingerprint density at radius 3 is 2.77 bits per heavy atom. The van der Waals surface area contributed by atoms with E-state index in [1.54, 1.807) is 7.05 Å². The molecule has 0 bridgehead atoms. The Labute approximate surface area is 171 Å². The van der Waals surface area contributed by atoms with Crippen LogP contribution in [0.25, 0.3) is 0 Å². The average molecular weight is 468 g/mol. The second-order valence-corrected chi connectivity index (χ2v) is 5.89. The lowest BCUT2D eigenvalue weighted by Gasteiger charge is -2.14. The van der Waals surface area contributed by atoms with Gasteiger partial charge in [-0.05, 0) is 42.7 Å². The number of fused-ring (bicyclic) bond motifs is 1. The van der Waals surface area contributed by atoms with Crippen molar-refractivity contribution in [2.75, 3.05) is 32.1 Å². The van der Waals surface area contributed by atoms with E-state index >= 15 is 0 Å². The third-order valence-electron chi connectivity index (χ3n) is 4.06. The number of aromatic nitrogens is 1. The van der Waals surface area contributed by atoms with Crippen molar-refractivity contribution in [1.82, 2.24) is 10.3 Å². The summed E-state index contributed by atoms with van der Waals surface area (Å²) in [7, 11) is 1.76. The number of aliphatic imine (C=N–C) groups is 1. The maximum absolute atomic E-state index is 5.73. The van der Waals surface area contributed by atoms with Gasteiger partial charge < -0.3 is 20.1 Å². The van der Waals surface area contributed by atoms with Crippen molar-refractivity contribution in [3.63, 3.8) is 0 Å². The molecule has 0 radical (unpaired) electrons. The number of aryl methyl sites for hydroxylation is 1. The molecule has 1 aromatic heterocycles. The van der Waals surface area contributed by atoms with Gasteiger partial charge in [0.1, 0.15) is 0 Å². The minimum absolute atomic E-state index is 0. The summed E-state index contributed by atoms with van der Waals surface area (Å²) >= 11 is 0. The van der Waals surface area contributed by atoms with Crippen LogP contribution in [0.15, 0.2) is 41.7 Å². The number of rotatable bonds is 4. The smallest absolute Gasteiger partial charge is 0.195 e. The molecule has 0 spiro atoms. The molecule has 0 amide bonds. The van der Waals surface area contributed by atoms with Gasteiger partial charge in [-0.2, -0.15) is 0 Å². The van der Waals surface area contributed by atoms with Crippen molar-refractivity contribution in [3.8, 4) is 11.5 Å². The maximum atomic E-state index is 5.73. The van der Waals surface area contributed by atoms with Crippen molar-refractivity contribution in [2.45, 2.75) is 19.8 Å². The molecule has 0 saturated carbocycles. The summed E-state index contributed by atoms with van der Waals surface area (Å²) in [6.45, 7) is 4.23. The van der Waals surface area contributed by atoms with Gasteiger partial charge in [0.05, 0.1) is 13.2 Å². The Hall–Kier alpha value is -2.03. The molecule has 3 rings (SSSR count). The fraction of sp³-hybridized carbons (Fsp3) is 0.368. The van der Waals surface area contributed by atoms with E-state index in [2.05, 4.69) is 33.6 Å². The summed E-state index contributed by atoms with van der Waals surface area (Å²) < 4.78 is 11.4. The second kappa shape index (κ2) is 10.2. The molecular weight excluding hydrogens is 443 g/mol. The number of anilines is 1. The van der Waals surface area contributed by atoms with Gasteiger partial charge in [0.2, 0.25) is 0 Å².